The van der Waals surface area contributed by atoms with Gasteiger partial charge in [-0.3, -0.25) is 9.59 Å². The van der Waals surface area contributed by atoms with Crippen LogP contribution >= 0.6 is 23.1 Å². The molecule has 1 saturated carbocycles. The minimum Gasteiger partial charge on any atom is -0.468 e. The number of carbonyl (C=O) groups excluding carboxylic acids is 2. The van der Waals surface area contributed by atoms with Crippen molar-refractivity contribution in [3.8, 4) is 0 Å². The second-order valence-corrected chi connectivity index (χ2v) is 6.98. The SMILES string of the molecule is COC(=O)CN(C(=O)CSc1cccs1)C1CCCC1. The highest BCUT2D eigenvalue weighted by molar-refractivity contribution is 8.01. The van der Waals surface area contributed by atoms with Gasteiger partial charge in [0.25, 0.3) is 0 Å². The van der Waals surface area contributed by atoms with E-state index in [2.05, 4.69) is 0 Å². The molecule has 0 aliphatic heterocycles. The third-order valence-corrected chi connectivity index (χ3v) is 5.56. The predicted molar refractivity (Wildman–Crippen MR) is 81.0 cm³/mol. The average molecular weight is 313 g/mol. The number of ether oxygens (including phenoxy) is 1. The van der Waals surface area contributed by atoms with Crippen LogP contribution in [0.5, 0.6) is 0 Å². The van der Waals surface area contributed by atoms with E-state index in [4.69, 9.17) is 4.74 Å². The van der Waals surface area contributed by atoms with Crippen molar-refractivity contribution in [2.45, 2.75) is 35.9 Å². The van der Waals surface area contributed by atoms with Gasteiger partial charge < -0.3 is 9.64 Å². The summed E-state index contributed by atoms with van der Waals surface area (Å²) in [6.07, 6.45) is 4.25. The zero-order valence-electron chi connectivity index (χ0n) is 11.5. The fourth-order valence-electron chi connectivity index (χ4n) is 2.40. The number of rotatable bonds is 6. The lowest BCUT2D eigenvalue weighted by Crippen LogP contribution is -2.43. The molecule has 1 aliphatic carbocycles. The van der Waals surface area contributed by atoms with Gasteiger partial charge in [0.1, 0.15) is 6.54 Å². The fourth-order valence-corrected chi connectivity index (χ4v) is 4.07. The number of nitrogens with zero attached hydrogens (tertiary/aromatic N) is 1. The molecule has 1 aromatic rings. The highest BCUT2D eigenvalue weighted by Crippen LogP contribution is 2.27. The molecular formula is C14H19NO3S2. The van der Waals surface area contributed by atoms with Gasteiger partial charge in [0.2, 0.25) is 5.91 Å². The summed E-state index contributed by atoms with van der Waals surface area (Å²) in [5.74, 6) is 0.0700. The largest absolute Gasteiger partial charge is 0.468 e. The van der Waals surface area contributed by atoms with Crippen molar-refractivity contribution in [2.75, 3.05) is 19.4 Å². The summed E-state index contributed by atoms with van der Waals surface area (Å²) >= 11 is 3.16. The first-order valence-electron chi connectivity index (χ1n) is 6.73. The van der Waals surface area contributed by atoms with Gasteiger partial charge in [0.05, 0.1) is 17.1 Å². The maximum absolute atomic E-state index is 12.4. The molecule has 0 unspecified atom stereocenters. The molecule has 0 atom stereocenters. The van der Waals surface area contributed by atoms with Crippen molar-refractivity contribution in [3.05, 3.63) is 17.5 Å². The Morgan fingerprint density at radius 2 is 2.20 bits per heavy atom. The summed E-state index contributed by atoms with van der Waals surface area (Å²) in [6.45, 7) is 0.0744. The number of thioether (sulfide) groups is 1. The summed E-state index contributed by atoms with van der Waals surface area (Å²) in [4.78, 5) is 25.6. The fraction of sp³-hybridized carbons (Fsp3) is 0.571. The zero-order valence-corrected chi connectivity index (χ0v) is 13.2. The third kappa shape index (κ3) is 4.24. The van der Waals surface area contributed by atoms with E-state index >= 15 is 0 Å². The summed E-state index contributed by atoms with van der Waals surface area (Å²) in [7, 11) is 1.36. The number of hydrogen-bond acceptors (Lipinski definition) is 5. The Morgan fingerprint density at radius 3 is 2.80 bits per heavy atom. The van der Waals surface area contributed by atoms with E-state index in [9.17, 15) is 9.59 Å². The lowest BCUT2D eigenvalue weighted by Gasteiger charge is -2.27. The van der Waals surface area contributed by atoms with Gasteiger partial charge in [0, 0.05) is 6.04 Å². The lowest BCUT2D eigenvalue weighted by molar-refractivity contribution is -0.147. The van der Waals surface area contributed by atoms with Crippen molar-refractivity contribution >= 4 is 35.0 Å². The number of methoxy groups -OCH3 is 1. The van der Waals surface area contributed by atoms with Gasteiger partial charge in [-0.05, 0) is 24.3 Å². The van der Waals surface area contributed by atoms with Crippen LogP contribution in [0.15, 0.2) is 21.7 Å². The number of carbonyl (C=O) groups is 2. The molecule has 20 heavy (non-hydrogen) atoms. The van der Waals surface area contributed by atoms with Crippen LogP contribution in [-0.2, 0) is 14.3 Å². The highest BCUT2D eigenvalue weighted by atomic mass is 32.2. The van der Waals surface area contributed by atoms with Crippen molar-refractivity contribution in [2.24, 2.45) is 0 Å². The van der Waals surface area contributed by atoms with Crippen LogP contribution in [0.25, 0.3) is 0 Å². The van der Waals surface area contributed by atoms with Crippen LogP contribution in [0.1, 0.15) is 25.7 Å². The summed E-state index contributed by atoms with van der Waals surface area (Å²) < 4.78 is 5.83. The first-order chi connectivity index (χ1) is 9.70. The number of hydrogen-bond donors (Lipinski definition) is 0. The Balaban J connectivity index is 1.93. The third-order valence-electron chi connectivity index (χ3n) is 3.45. The molecule has 6 heteroatoms. The molecule has 0 aromatic carbocycles. The Morgan fingerprint density at radius 1 is 1.45 bits per heavy atom. The van der Waals surface area contributed by atoms with E-state index in [0.29, 0.717) is 5.75 Å². The van der Waals surface area contributed by atoms with Gasteiger partial charge in [-0.1, -0.05) is 18.9 Å². The number of amides is 1. The molecular weight excluding hydrogens is 294 g/mol. The minimum absolute atomic E-state index is 0.0284. The van der Waals surface area contributed by atoms with Gasteiger partial charge >= 0.3 is 5.97 Å². The molecule has 1 heterocycles. The zero-order chi connectivity index (χ0) is 14.4. The van der Waals surface area contributed by atoms with Gasteiger partial charge in [-0.15, -0.1) is 23.1 Å². The van der Waals surface area contributed by atoms with E-state index < -0.39 is 0 Å². The van der Waals surface area contributed by atoms with E-state index in [1.807, 2.05) is 17.5 Å². The quantitative estimate of drug-likeness (QED) is 0.598. The lowest BCUT2D eigenvalue weighted by atomic mass is 10.2. The minimum atomic E-state index is -0.341. The Hall–Kier alpha value is -1.01. The Labute approximate surface area is 127 Å². The normalized spacial score (nSPS) is 15.2. The van der Waals surface area contributed by atoms with E-state index in [0.717, 1.165) is 29.9 Å². The van der Waals surface area contributed by atoms with Crippen molar-refractivity contribution in [3.63, 3.8) is 0 Å². The predicted octanol–water partition coefficient (Wildman–Crippen LogP) is 2.78. The van der Waals surface area contributed by atoms with E-state index in [1.54, 1.807) is 16.2 Å². The van der Waals surface area contributed by atoms with Crippen LogP contribution in [0.4, 0.5) is 0 Å². The molecule has 110 valence electrons. The molecule has 1 fully saturated rings. The maximum atomic E-state index is 12.4. The van der Waals surface area contributed by atoms with Gasteiger partial charge in [-0.25, -0.2) is 0 Å². The van der Waals surface area contributed by atoms with Crippen LogP contribution in [-0.4, -0.2) is 42.2 Å². The van der Waals surface area contributed by atoms with Crippen molar-refractivity contribution < 1.29 is 14.3 Å². The smallest absolute Gasteiger partial charge is 0.325 e. The summed E-state index contributed by atoms with van der Waals surface area (Å²) in [6, 6.07) is 4.18. The molecule has 1 aliphatic rings. The molecule has 0 saturated heterocycles. The van der Waals surface area contributed by atoms with Gasteiger partial charge in [0.15, 0.2) is 0 Å². The highest BCUT2D eigenvalue weighted by Gasteiger charge is 2.28. The van der Waals surface area contributed by atoms with E-state index in [1.165, 1.54) is 18.9 Å². The van der Waals surface area contributed by atoms with Crippen LogP contribution in [0, 0.1) is 0 Å². The molecule has 4 nitrogen and oxygen atoms in total. The first-order valence-corrected chi connectivity index (χ1v) is 8.60. The molecule has 1 amide bonds. The van der Waals surface area contributed by atoms with Crippen LogP contribution in [0.3, 0.4) is 0 Å². The number of thiophene rings is 1. The monoisotopic (exact) mass is 313 g/mol. The maximum Gasteiger partial charge on any atom is 0.325 e. The molecule has 1 aromatic heterocycles. The molecule has 0 bridgehead atoms. The Kier molecular flexibility index (Phi) is 5.91. The second kappa shape index (κ2) is 7.69. The molecule has 0 N–H and O–H groups in total. The summed E-state index contributed by atoms with van der Waals surface area (Å²) in [5.41, 5.74) is 0. The first kappa shape index (κ1) is 15.4. The van der Waals surface area contributed by atoms with Crippen LogP contribution in [0.2, 0.25) is 0 Å². The Bertz CT molecular complexity index is 441. The number of esters is 1. The molecule has 0 radical (unpaired) electrons. The van der Waals surface area contributed by atoms with Crippen molar-refractivity contribution in [1.29, 1.82) is 0 Å². The standard InChI is InChI=1S/C14H19NO3S2/c1-18-13(17)9-15(11-5-2-3-6-11)12(16)10-20-14-7-4-8-19-14/h4,7-8,11H,2-3,5-6,9-10H2,1H3. The second-order valence-electron chi connectivity index (χ2n) is 4.76. The molecule has 0 spiro atoms. The summed E-state index contributed by atoms with van der Waals surface area (Å²) in [5, 5.41) is 2.00. The van der Waals surface area contributed by atoms with E-state index in [-0.39, 0.29) is 24.5 Å². The average Bonchev–Trinajstić information content (AvgIpc) is 3.14. The van der Waals surface area contributed by atoms with Crippen molar-refractivity contribution in [1.82, 2.24) is 4.90 Å². The van der Waals surface area contributed by atoms with Gasteiger partial charge in [-0.2, -0.15) is 0 Å². The topological polar surface area (TPSA) is 46.6 Å². The molecule has 2 rings (SSSR count). The van der Waals surface area contributed by atoms with Crippen LogP contribution < -0.4 is 0 Å².